The van der Waals surface area contributed by atoms with Crippen molar-refractivity contribution in [3.63, 3.8) is 0 Å². The van der Waals surface area contributed by atoms with Crippen molar-refractivity contribution in [1.82, 2.24) is 29.9 Å². The van der Waals surface area contributed by atoms with Gasteiger partial charge >= 0.3 is 5.97 Å². The molecule has 3 N–H and O–H groups in total. The molecule has 11 nitrogen and oxygen atoms in total. The lowest BCUT2D eigenvalue weighted by molar-refractivity contribution is -0.143. The number of nitrogens with one attached hydrogen (secondary N) is 2. The van der Waals surface area contributed by atoms with E-state index in [2.05, 4.69) is 35.9 Å². The van der Waals surface area contributed by atoms with Crippen LogP contribution in [0.4, 0.5) is 16.2 Å². The number of halogens is 1. The van der Waals surface area contributed by atoms with E-state index in [4.69, 9.17) is 4.74 Å². The second-order valence-electron chi connectivity index (χ2n) is 9.27. The van der Waals surface area contributed by atoms with E-state index in [1.165, 1.54) is 0 Å². The van der Waals surface area contributed by atoms with Crippen LogP contribution < -0.4 is 15.4 Å². The van der Waals surface area contributed by atoms with E-state index in [1.807, 2.05) is 32.9 Å². The second kappa shape index (κ2) is 10.8. The van der Waals surface area contributed by atoms with Gasteiger partial charge < -0.3 is 20.5 Å². The lowest BCUT2D eigenvalue weighted by atomic mass is 9.87. The molecule has 0 aliphatic heterocycles. The Bertz CT molecular complexity index is 1230. The highest BCUT2D eigenvalue weighted by molar-refractivity contribution is 5.70. The molecular weight excluding hydrogens is 467 g/mol. The van der Waals surface area contributed by atoms with Crippen LogP contribution in [-0.4, -0.2) is 53.2 Å². The summed E-state index contributed by atoms with van der Waals surface area (Å²) in [6.45, 7) is 5.94. The minimum atomic E-state index is -0.768. The van der Waals surface area contributed by atoms with E-state index in [0.29, 0.717) is 42.2 Å². The van der Waals surface area contributed by atoms with Crippen LogP contribution in [0.2, 0.25) is 0 Å². The Morgan fingerprint density at radius 1 is 1.31 bits per heavy atom. The Morgan fingerprint density at radius 3 is 2.83 bits per heavy atom. The standard InChI is InChI=1S/C24H31FN8O3/c1-13(2)28-22-17(25)11-26-24(30-22)27-12-19-21(31-32-33(19)4)18-8-9-20(14(3)29-18)36-16-7-5-6-15(10-16)23(34)35/h8-9,11,13,15-16H,5-7,10,12H2,1-4H3,(H,34,35)(H2,26,27,28,30)/t15?,16-/m0/s1. The molecule has 3 aromatic heterocycles. The van der Waals surface area contributed by atoms with Gasteiger partial charge in [0.25, 0.3) is 0 Å². The number of anilines is 2. The Balaban J connectivity index is 1.48. The van der Waals surface area contributed by atoms with Crippen molar-refractivity contribution in [3.05, 3.63) is 35.5 Å². The molecule has 1 fully saturated rings. The summed E-state index contributed by atoms with van der Waals surface area (Å²) in [5.41, 5.74) is 2.64. The number of rotatable bonds is 9. The topological polar surface area (TPSA) is 140 Å². The first kappa shape index (κ1) is 25.3. The molecule has 3 heterocycles. The predicted octanol–water partition coefficient (Wildman–Crippen LogP) is 3.57. The van der Waals surface area contributed by atoms with Crippen LogP contribution in [0.3, 0.4) is 0 Å². The number of carboxylic acid groups (broad SMARTS) is 1. The van der Waals surface area contributed by atoms with Crippen LogP contribution in [0, 0.1) is 18.7 Å². The van der Waals surface area contributed by atoms with Crippen LogP contribution in [-0.2, 0) is 18.4 Å². The molecule has 0 aromatic carbocycles. The maximum Gasteiger partial charge on any atom is 0.306 e. The molecule has 36 heavy (non-hydrogen) atoms. The molecule has 3 aromatic rings. The first-order chi connectivity index (χ1) is 17.2. The molecule has 0 bridgehead atoms. The van der Waals surface area contributed by atoms with Crippen molar-refractivity contribution in [2.75, 3.05) is 10.6 Å². The summed E-state index contributed by atoms with van der Waals surface area (Å²) in [5.74, 6) is -0.629. The zero-order valence-electron chi connectivity index (χ0n) is 20.8. The van der Waals surface area contributed by atoms with Crippen LogP contribution in [0.5, 0.6) is 5.75 Å². The van der Waals surface area contributed by atoms with E-state index in [9.17, 15) is 14.3 Å². The SMILES string of the molecule is Cc1nc(-c2nnn(C)c2CNc2ncc(F)c(NC(C)C)n2)ccc1O[C@H]1CCCC(C(=O)O)C1. The minimum absolute atomic E-state index is 0.0214. The summed E-state index contributed by atoms with van der Waals surface area (Å²) >= 11 is 0. The summed E-state index contributed by atoms with van der Waals surface area (Å²) in [7, 11) is 1.77. The zero-order valence-corrected chi connectivity index (χ0v) is 20.8. The fourth-order valence-electron chi connectivity index (χ4n) is 4.22. The highest BCUT2D eigenvalue weighted by Gasteiger charge is 2.28. The van der Waals surface area contributed by atoms with Gasteiger partial charge in [-0.2, -0.15) is 4.98 Å². The summed E-state index contributed by atoms with van der Waals surface area (Å²) in [6, 6.07) is 3.67. The molecule has 0 radical (unpaired) electrons. The molecular formula is C24H31FN8O3. The number of aromatic nitrogens is 6. The molecule has 0 amide bonds. The third-order valence-electron chi connectivity index (χ3n) is 6.08. The van der Waals surface area contributed by atoms with Crippen molar-refractivity contribution in [3.8, 4) is 17.1 Å². The molecule has 1 unspecified atom stereocenters. The number of carboxylic acids is 1. The molecule has 2 atom stereocenters. The monoisotopic (exact) mass is 498 g/mol. The lowest BCUT2D eigenvalue weighted by Crippen LogP contribution is -2.29. The summed E-state index contributed by atoms with van der Waals surface area (Å²) < 4.78 is 21.7. The van der Waals surface area contributed by atoms with Crippen LogP contribution in [0.1, 0.15) is 50.9 Å². The smallest absolute Gasteiger partial charge is 0.306 e. The van der Waals surface area contributed by atoms with E-state index in [0.717, 1.165) is 24.7 Å². The van der Waals surface area contributed by atoms with Crippen molar-refractivity contribution in [2.24, 2.45) is 13.0 Å². The average molecular weight is 499 g/mol. The first-order valence-electron chi connectivity index (χ1n) is 12.0. The number of hydrogen-bond donors (Lipinski definition) is 3. The van der Waals surface area contributed by atoms with Gasteiger partial charge in [-0.05, 0) is 58.6 Å². The minimum Gasteiger partial charge on any atom is -0.489 e. The van der Waals surface area contributed by atoms with Gasteiger partial charge in [-0.1, -0.05) is 5.21 Å². The highest BCUT2D eigenvalue weighted by Crippen LogP contribution is 2.30. The largest absolute Gasteiger partial charge is 0.489 e. The predicted molar refractivity (Wildman–Crippen MR) is 131 cm³/mol. The summed E-state index contributed by atoms with van der Waals surface area (Å²) in [4.78, 5) is 24.3. The van der Waals surface area contributed by atoms with Gasteiger partial charge in [0.05, 0.1) is 41.8 Å². The van der Waals surface area contributed by atoms with Crippen LogP contribution in [0.15, 0.2) is 18.3 Å². The van der Waals surface area contributed by atoms with E-state index >= 15 is 0 Å². The molecule has 12 heteroatoms. The van der Waals surface area contributed by atoms with Gasteiger partial charge in [-0.25, -0.2) is 19.0 Å². The average Bonchev–Trinajstić information content (AvgIpc) is 3.21. The Kier molecular flexibility index (Phi) is 7.61. The van der Waals surface area contributed by atoms with Gasteiger partial charge in [0.1, 0.15) is 11.4 Å². The van der Waals surface area contributed by atoms with Gasteiger partial charge in [0.2, 0.25) is 5.95 Å². The number of hydrogen-bond acceptors (Lipinski definition) is 9. The molecule has 1 aliphatic carbocycles. The summed E-state index contributed by atoms with van der Waals surface area (Å²) in [5, 5.41) is 23.8. The molecule has 0 saturated heterocycles. The maximum atomic E-state index is 14.0. The number of pyridine rings is 1. The Morgan fingerprint density at radius 2 is 2.11 bits per heavy atom. The van der Waals surface area contributed by atoms with E-state index in [-0.39, 0.29) is 29.8 Å². The molecule has 1 aliphatic rings. The number of aryl methyl sites for hydroxylation is 2. The number of aliphatic carboxylic acids is 1. The van der Waals surface area contributed by atoms with Crippen molar-refractivity contribution in [2.45, 2.75) is 65.1 Å². The van der Waals surface area contributed by atoms with E-state index in [1.54, 1.807) is 11.7 Å². The number of ether oxygens (including phenoxy) is 1. The third kappa shape index (κ3) is 5.86. The van der Waals surface area contributed by atoms with E-state index < -0.39 is 11.8 Å². The second-order valence-corrected chi connectivity index (χ2v) is 9.27. The van der Waals surface area contributed by atoms with Crippen molar-refractivity contribution >= 4 is 17.7 Å². The third-order valence-corrected chi connectivity index (χ3v) is 6.08. The van der Waals surface area contributed by atoms with Gasteiger partial charge in [-0.15, -0.1) is 5.10 Å². The Hall–Kier alpha value is -3.83. The molecule has 4 rings (SSSR count). The first-order valence-corrected chi connectivity index (χ1v) is 12.0. The lowest BCUT2D eigenvalue weighted by Gasteiger charge is -2.27. The number of carbonyl (C=O) groups is 1. The van der Waals surface area contributed by atoms with Gasteiger partial charge in [0, 0.05) is 13.1 Å². The summed E-state index contributed by atoms with van der Waals surface area (Å²) in [6.07, 6.45) is 3.81. The highest BCUT2D eigenvalue weighted by atomic mass is 19.1. The normalized spacial score (nSPS) is 17.7. The molecule has 1 saturated carbocycles. The van der Waals surface area contributed by atoms with Gasteiger partial charge in [-0.3, -0.25) is 4.79 Å². The van der Waals surface area contributed by atoms with Crippen molar-refractivity contribution < 1.29 is 19.0 Å². The van der Waals surface area contributed by atoms with Gasteiger partial charge in [0.15, 0.2) is 11.6 Å². The van der Waals surface area contributed by atoms with Crippen molar-refractivity contribution in [1.29, 1.82) is 0 Å². The zero-order chi connectivity index (χ0) is 25.8. The molecule has 0 spiro atoms. The van der Waals surface area contributed by atoms with Crippen LogP contribution >= 0.6 is 0 Å². The maximum absolute atomic E-state index is 14.0. The number of nitrogens with zero attached hydrogens (tertiary/aromatic N) is 6. The van der Waals surface area contributed by atoms with Crippen LogP contribution in [0.25, 0.3) is 11.4 Å². The fourth-order valence-corrected chi connectivity index (χ4v) is 4.22. The Labute approximate surface area is 208 Å². The molecule has 192 valence electrons. The fraction of sp³-hybridized carbons (Fsp3) is 0.500. The quantitative estimate of drug-likeness (QED) is 0.401.